The van der Waals surface area contributed by atoms with Crippen LogP contribution in [0.5, 0.6) is 0 Å². The monoisotopic (exact) mass is 1250 g/mol. The van der Waals surface area contributed by atoms with Crippen molar-refractivity contribution in [3.05, 3.63) is 60.2 Å². The van der Waals surface area contributed by atoms with E-state index in [0.29, 0.717) is 51.3 Å². The molecule has 7 aromatic rings. The van der Waals surface area contributed by atoms with Crippen LogP contribution >= 0.6 is 70.6 Å². The number of H-pyrrole nitrogens is 2. The van der Waals surface area contributed by atoms with E-state index in [4.69, 9.17) is 29.9 Å². The first kappa shape index (κ1) is 65.3. The van der Waals surface area contributed by atoms with Crippen molar-refractivity contribution >= 4 is 121 Å². The molecule has 454 valence electrons. The van der Waals surface area contributed by atoms with Crippen LogP contribution in [0, 0.1) is 0 Å². The maximum absolute atomic E-state index is 12.7. The first-order chi connectivity index (χ1) is 41.7. The summed E-state index contributed by atoms with van der Waals surface area (Å²) >= 11 is 11.7. The number of benzene rings is 4. The number of carboxylic acids is 1. The molecule has 85 heavy (non-hydrogen) atoms. The molecular weight excluding hydrogens is 1170 g/mol. The van der Waals surface area contributed by atoms with Crippen LogP contribution in [0.4, 0.5) is 0 Å². The van der Waals surface area contributed by atoms with Gasteiger partial charge in [0.25, 0.3) is 0 Å². The van der Waals surface area contributed by atoms with E-state index < -0.39 is 5.97 Å². The minimum absolute atomic E-state index is 0.169. The first-order valence-corrected chi connectivity index (χ1v) is 38.2. The third-order valence-corrected chi connectivity index (χ3v) is 23.0. The van der Waals surface area contributed by atoms with Crippen LogP contribution in [0.15, 0.2) is 84.0 Å². The van der Waals surface area contributed by atoms with Gasteiger partial charge in [0.2, 0.25) is 0 Å². The molecule has 0 spiro atoms. The largest absolute Gasteiger partial charge is 0.478 e. The number of carbonyl (C=O) groups is 1. The molecule has 2 aliphatic heterocycles. The normalized spacial score (nSPS) is 12.0. The van der Waals surface area contributed by atoms with Crippen molar-refractivity contribution < 1.29 is 9.90 Å². The minimum atomic E-state index is -1.01. The minimum Gasteiger partial charge on any atom is -0.478 e. The van der Waals surface area contributed by atoms with Gasteiger partial charge in [0.15, 0.2) is 23.3 Å². The predicted molar refractivity (Wildman–Crippen MR) is 372 cm³/mol. The van der Waals surface area contributed by atoms with Crippen LogP contribution in [0.25, 0.3) is 89.7 Å². The van der Waals surface area contributed by atoms with E-state index in [0.717, 1.165) is 98.6 Å². The second-order valence-corrected chi connectivity index (χ2v) is 29.5. The Hall–Kier alpha value is -4.19. The third kappa shape index (κ3) is 17.4. The van der Waals surface area contributed by atoms with Gasteiger partial charge in [-0.25, -0.2) is 34.7 Å². The summed E-state index contributed by atoms with van der Waals surface area (Å²) in [5.74, 6) is 7.49. The Morgan fingerprint density at radius 3 is 0.859 bits per heavy atom. The maximum atomic E-state index is 12.7. The number of aromatic nitrogens is 8. The van der Waals surface area contributed by atoms with E-state index in [9.17, 15) is 9.90 Å². The summed E-state index contributed by atoms with van der Waals surface area (Å²) in [4.78, 5) is 60.8. The fourth-order valence-corrected chi connectivity index (χ4v) is 17.8. The third-order valence-electron chi connectivity index (χ3n) is 15.8. The van der Waals surface area contributed by atoms with Gasteiger partial charge >= 0.3 is 5.97 Å². The molecule has 10 nitrogen and oxygen atoms in total. The Bertz CT molecular complexity index is 3530. The van der Waals surface area contributed by atoms with Gasteiger partial charge in [-0.05, 0) is 128 Å². The molecule has 0 unspecified atom stereocenters. The van der Waals surface area contributed by atoms with Crippen LogP contribution in [-0.4, -0.2) is 85.5 Å². The molecule has 0 aliphatic carbocycles. The number of carboxylic acid groups (broad SMARTS) is 1. The number of hydrogen-bond donors (Lipinski definition) is 3. The van der Waals surface area contributed by atoms with Gasteiger partial charge in [0, 0.05) is 73.2 Å². The Balaban J connectivity index is 1.33. The lowest BCUT2D eigenvalue weighted by atomic mass is 10.1. The van der Waals surface area contributed by atoms with Gasteiger partial charge in [-0.15, -0.1) is 70.6 Å². The summed E-state index contributed by atoms with van der Waals surface area (Å²) < 4.78 is 0. The van der Waals surface area contributed by atoms with E-state index in [-0.39, 0.29) is 5.56 Å². The summed E-state index contributed by atoms with van der Waals surface area (Å²) in [6, 6.07) is 19.2. The van der Waals surface area contributed by atoms with Crippen LogP contribution in [-0.2, 0) is 0 Å². The highest BCUT2D eigenvalue weighted by Crippen LogP contribution is 2.46. The molecule has 0 amide bonds. The smallest absolute Gasteiger partial charge is 0.335 e. The Morgan fingerprint density at radius 2 is 0.588 bits per heavy atom. The number of unbranched alkanes of at least 4 members (excludes halogenated alkanes) is 18. The molecule has 3 N–H and O–H groups in total. The van der Waals surface area contributed by atoms with Crippen molar-refractivity contribution in [2.75, 3.05) is 34.5 Å². The molecule has 8 bridgehead atoms. The van der Waals surface area contributed by atoms with Gasteiger partial charge in [0.05, 0.1) is 5.56 Å². The van der Waals surface area contributed by atoms with Crippen LogP contribution in [0.1, 0.15) is 206 Å². The van der Waals surface area contributed by atoms with E-state index in [2.05, 4.69) is 87.9 Å². The summed E-state index contributed by atoms with van der Waals surface area (Å²) in [6.45, 7) is 13.6. The van der Waals surface area contributed by atoms with Crippen molar-refractivity contribution in [2.24, 2.45) is 0 Å². The second kappa shape index (κ2) is 34.0. The van der Waals surface area contributed by atoms with Crippen molar-refractivity contribution in [2.45, 2.75) is 225 Å². The zero-order valence-corrected chi connectivity index (χ0v) is 56.3. The van der Waals surface area contributed by atoms with Gasteiger partial charge in [0.1, 0.15) is 22.6 Å². The molecular formula is C69H90N8O2S6. The van der Waals surface area contributed by atoms with E-state index in [1.54, 1.807) is 12.1 Å². The van der Waals surface area contributed by atoms with Gasteiger partial charge < -0.3 is 15.1 Å². The van der Waals surface area contributed by atoms with E-state index in [1.807, 2.05) is 76.6 Å². The fourth-order valence-electron chi connectivity index (χ4n) is 10.9. The van der Waals surface area contributed by atoms with Crippen molar-refractivity contribution in [3.63, 3.8) is 0 Å². The fraction of sp³-hybridized carbons (Fsp3) is 0.522. The van der Waals surface area contributed by atoms with Crippen LogP contribution in [0.3, 0.4) is 0 Å². The van der Waals surface area contributed by atoms with Crippen LogP contribution < -0.4 is 0 Å². The molecule has 0 atom stereocenters. The number of thioether (sulfide) groups is 6. The summed E-state index contributed by atoms with van der Waals surface area (Å²) in [6.07, 6.45) is 29.0. The maximum Gasteiger partial charge on any atom is 0.335 e. The number of nitrogens with one attached hydrogen (secondary N) is 2. The molecule has 0 radical (unpaired) electrons. The zero-order chi connectivity index (χ0) is 59.3. The lowest BCUT2D eigenvalue weighted by Crippen LogP contribution is -1.94. The van der Waals surface area contributed by atoms with Crippen molar-refractivity contribution in [1.82, 2.24) is 39.9 Å². The number of hydrogen-bond acceptors (Lipinski definition) is 13. The molecule has 0 saturated heterocycles. The molecule has 0 fully saturated rings. The number of fused-ring (bicyclic) bond motifs is 20. The quantitative estimate of drug-likeness (QED) is 0.0251. The van der Waals surface area contributed by atoms with Gasteiger partial charge in [-0.1, -0.05) is 157 Å². The summed E-state index contributed by atoms with van der Waals surface area (Å²) in [7, 11) is 0. The Morgan fingerprint density at radius 1 is 0.329 bits per heavy atom. The highest BCUT2D eigenvalue weighted by Gasteiger charge is 2.27. The molecule has 0 saturated carbocycles. The summed E-state index contributed by atoms with van der Waals surface area (Å²) in [5.41, 5.74) is 6.32. The van der Waals surface area contributed by atoms with Crippen molar-refractivity contribution in [3.8, 4) is 45.6 Å². The standard InChI is InChI=1S/C69H90N8O2S6/c1-7-13-19-25-33-80-55-40-49-50(41-56(55)81-34-26-20-14-8-2)65-73-63(49)71-61-47-32-31-46(69(78)79)39-48(47)62(70-61)72-64-51-42-57(82-35-27-21-15-9-3)58(83-36-28-22-16-10-4)43-52(51)66(74-64)76-68-54-45-60(85-38-30-24-18-12-6)59(84-37-29-23-17-11-5)44-53(54)67(75-65)77-68/h31-32,39-45H,7-30,33-38H2,1-6H3,(H,78,79)(H2,70,71,72,73,74,75,76,77). The molecule has 2 aliphatic rings. The molecule has 3 aromatic heterocycles. The molecule has 5 heterocycles. The number of aromatic amines is 2. The Kier molecular flexibility index (Phi) is 26.1. The second-order valence-electron chi connectivity index (χ2n) is 22.7. The topological polar surface area (TPSA) is 146 Å². The summed E-state index contributed by atoms with van der Waals surface area (Å²) in [5, 5.41) is 13.8. The highest BCUT2D eigenvalue weighted by molar-refractivity contribution is 8.03. The lowest BCUT2D eigenvalue weighted by Gasteiger charge is -2.12. The number of aromatic carboxylic acids is 1. The lowest BCUT2D eigenvalue weighted by molar-refractivity contribution is 0.0697. The predicted octanol–water partition coefficient (Wildman–Crippen LogP) is 22.6. The average molecular weight is 1260 g/mol. The van der Waals surface area contributed by atoms with Gasteiger partial charge in [-0.2, -0.15) is 0 Å². The number of rotatable bonds is 37. The SMILES string of the molecule is CCCCCCSc1cc2c(cc1SCCCCCC)-c1nc-2nc2[nH]c(nc3nc(nc4[nH]c(n1)c1cc(SCCCCCC)c(SCCCCCC)cc41)-c1cc(SCCCCCC)c(SCCCCCC)cc1-3)c1cc(C(=O)O)ccc21. The van der Waals surface area contributed by atoms with Crippen LogP contribution in [0.2, 0.25) is 0 Å². The van der Waals surface area contributed by atoms with Gasteiger partial charge in [-0.3, -0.25) is 0 Å². The first-order valence-electron chi connectivity index (χ1n) is 32.3. The van der Waals surface area contributed by atoms with E-state index in [1.165, 1.54) is 158 Å². The zero-order valence-electron chi connectivity index (χ0n) is 51.4. The molecule has 9 rings (SSSR count). The highest BCUT2D eigenvalue weighted by atomic mass is 32.2. The van der Waals surface area contributed by atoms with Crippen molar-refractivity contribution in [1.29, 1.82) is 0 Å². The average Bonchev–Trinajstić information content (AvgIpc) is 2.32. The Labute approximate surface area is 531 Å². The number of nitrogens with zero attached hydrogens (tertiary/aromatic N) is 6. The molecule has 4 aromatic carbocycles. The van der Waals surface area contributed by atoms with E-state index >= 15 is 0 Å². The molecule has 16 heteroatoms.